The zero-order chi connectivity index (χ0) is 18.9. The highest BCUT2D eigenvalue weighted by Gasteiger charge is 2.37. The number of hydrogen-bond acceptors (Lipinski definition) is 0. The number of allylic oxidation sites excluding steroid dienone is 4. The first kappa shape index (κ1) is 16.6. The Balaban J connectivity index is 2.01. The normalized spacial score (nSPS) is 19.7. The molecule has 1 unspecified atom stereocenters. The molecule has 2 aliphatic carbocycles. The molecule has 2 aliphatic rings. The van der Waals surface area contributed by atoms with Gasteiger partial charge in [0.2, 0.25) is 0 Å². The Morgan fingerprint density at radius 3 is 2.52 bits per heavy atom. The minimum atomic E-state index is 0.0459. The molecule has 27 heavy (non-hydrogen) atoms. The highest BCUT2D eigenvalue weighted by atomic mass is 14.4. The van der Waals surface area contributed by atoms with Crippen molar-refractivity contribution in [2.75, 3.05) is 0 Å². The largest absolute Gasteiger partial charge is 0.0870 e. The van der Waals surface area contributed by atoms with E-state index in [-0.39, 0.29) is 5.41 Å². The monoisotopic (exact) mass is 350 g/mol. The highest BCUT2D eigenvalue weighted by molar-refractivity contribution is 6.08. The van der Waals surface area contributed by atoms with Crippen molar-refractivity contribution in [1.82, 2.24) is 0 Å². The molecule has 0 heterocycles. The van der Waals surface area contributed by atoms with Gasteiger partial charge in [-0.1, -0.05) is 81.0 Å². The Morgan fingerprint density at radius 2 is 1.74 bits per heavy atom. The van der Waals surface area contributed by atoms with Crippen LogP contribution in [0.25, 0.3) is 27.5 Å². The van der Waals surface area contributed by atoms with E-state index in [9.17, 15) is 0 Å². The van der Waals surface area contributed by atoms with Gasteiger partial charge < -0.3 is 0 Å². The lowest BCUT2D eigenvalue weighted by Crippen LogP contribution is -2.24. The van der Waals surface area contributed by atoms with Gasteiger partial charge in [-0.05, 0) is 69.6 Å². The molecule has 0 heteroatoms. The van der Waals surface area contributed by atoms with E-state index in [1.165, 1.54) is 55.3 Å². The van der Waals surface area contributed by atoms with E-state index < -0.39 is 0 Å². The molecule has 0 radical (unpaired) electrons. The predicted molar refractivity (Wildman–Crippen MR) is 117 cm³/mol. The molecule has 0 spiro atoms. The van der Waals surface area contributed by atoms with E-state index in [2.05, 4.69) is 95.3 Å². The summed E-state index contributed by atoms with van der Waals surface area (Å²) >= 11 is 0. The van der Waals surface area contributed by atoms with Crippen LogP contribution < -0.4 is 0 Å². The van der Waals surface area contributed by atoms with E-state index >= 15 is 0 Å². The van der Waals surface area contributed by atoms with Crippen molar-refractivity contribution in [3.05, 3.63) is 88.5 Å². The summed E-state index contributed by atoms with van der Waals surface area (Å²) in [5, 5.41) is 2.83. The lowest BCUT2D eigenvalue weighted by Gasteiger charge is -2.36. The third-order valence-electron chi connectivity index (χ3n) is 6.97. The number of fused-ring (bicyclic) bond motifs is 4. The Bertz CT molecular complexity index is 1170. The van der Waals surface area contributed by atoms with Crippen LogP contribution in [0.1, 0.15) is 62.8 Å². The fourth-order valence-electron chi connectivity index (χ4n) is 5.32. The Morgan fingerprint density at radius 1 is 0.963 bits per heavy atom. The fraction of sp³-hybridized carbons (Fsp3) is 0.259. The van der Waals surface area contributed by atoms with Gasteiger partial charge in [0.1, 0.15) is 0 Å². The summed E-state index contributed by atoms with van der Waals surface area (Å²) < 4.78 is 0. The molecule has 0 nitrogen and oxygen atoms in total. The van der Waals surface area contributed by atoms with Gasteiger partial charge in [0, 0.05) is 11.3 Å². The Labute approximate surface area is 162 Å². The quantitative estimate of drug-likeness (QED) is 0.423. The predicted octanol–water partition coefficient (Wildman–Crippen LogP) is 7.61. The second-order valence-corrected chi connectivity index (χ2v) is 8.59. The van der Waals surface area contributed by atoms with E-state index in [1.807, 2.05) is 0 Å². The van der Waals surface area contributed by atoms with Crippen LogP contribution in [0.2, 0.25) is 0 Å². The molecular weight excluding hydrogens is 324 g/mol. The van der Waals surface area contributed by atoms with Gasteiger partial charge in [0.05, 0.1) is 0 Å². The van der Waals surface area contributed by atoms with Crippen molar-refractivity contribution in [2.45, 2.75) is 46.0 Å². The molecule has 0 bridgehead atoms. The van der Waals surface area contributed by atoms with Crippen LogP contribution in [0, 0.1) is 0 Å². The third-order valence-corrected chi connectivity index (χ3v) is 6.97. The van der Waals surface area contributed by atoms with E-state index in [1.54, 1.807) is 0 Å². The molecule has 3 aromatic carbocycles. The third kappa shape index (κ3) is 1.99. The van der Waals surface area contributed by atoms with Crippen molar-refractivity contribution in [2.24, 2.45) is 0 Å². The van der Waals surface area contributed by atoms with Crippen molar-refractivity contribution >= 4 is 16.3 Å². The van der Waals surface area contributed by atoms with Crippen molar-refractivity contribution in [1.29, 1.82) is 0 Å². The molecular formula is C27H26. The van der Waals surface area contributed by atoms with Crippen LogP contribution in [-0.4, -0.2) is 0 Å². The van der Waals surface area contributed by atoms with Gasteiger partial charge in [-0.3, -0.25) is 0 Å². The lowest BCUT2D eigenvalue weighted by molar-refractivity contribution is 0.628. The van der Waals surface area contributed by atoms with Crippen LogP contribution in [0.15, 0.2) is 66.3 Å². The highest BCUT2D eigenvalue weighted by Crippen LogP contribution is 2.55. The van der Waals surface area contributed by atoms with Gasteiger partial charge in [-0.15, -0.1) is 0 Å². The lowest BCUT2D eigenvalue weighted by atomic mass is 9.67. The maximum Gasteiger partial charge on any atom is 0.0118 e. The summed E-state index contributed by atoms with van der Waals surface area (Å²) in [4.78, 5) is 0. The average molecular weight is 351 g/mol. The second-order valence-electron chi connectivity index (χ2n) is 8.59. The molecule has 0 N–H and O–H groups in total. The zero-order valence-corrected chi connectivity index (χ0v) is 16.9. The standard InChI is InChI=1S/C27H26/c1-6-10-20-17(3)27(4,5)23-14-9-11-18-15-22-21-13-8-7-12-19(21)16(2)24(22)26(20)25(18)23/h6-16H,1-5H3/b10-6-. The van der Waals surface area contributed by atoms with Crippen LogP contribution >= 0.6 is 0 Å². The molecule has 0 aliphatic heterocycles. The summed E-state index contributed by atoms with van der Waals surface area (Å²) in [6.45, 7) is 11.6. The molecule has 0 saturated carbocycles. The second kappa shape index (κ2) is 5.45. The molecule has 0 amide bonds. The van der Waals surface area contributed by atoms with Crippen LogP contribution in [0.5, 0.6) is 0 Å². The SMILES string of the molecule is C/C=C\C1=C(C)C(C)(C)c2cccc3cc4c(c1c23)C(C)c1ccccc1-4. The first-order valence-corrected chi connectivity index (χ1v) is 10.0. The van der Waals surface area contributed by atoms with Gasteiger partial charge in [0.25, 0.3) is 0 Å². The minimum Gasteiger partial charge on any atom is -0.0870 e. The maximum atomic E-state index is 2.43. The van der Waals surface area contributed by atoms with Gasteiger partial charge >= 0.3 is 0 Å². The molecule has 3 aromatic rings. The summed E-state index contributed by atoms with van der Waals surface area (Å²) in [5.74, 6) is 0.429. The Kier molecular flexibility index (Phi) is 3.35. The summed E-state index contributed by atoms with van der Waals surface area (Å²) in [5.41, 5.74) is 11.7. The molecule has 1 atom stereocenters. The zero-order valence-electron chi connectivity index (χ0n) is 16.9. The van der Waals surface area contributed by atoms with E-state index in [4.69, 9.17) is 0 Å². The first-order chi connectivity index (χ1) is 13.0. The molecule has 0 aromatic heterocycles. The van der Waals surface area contributed by atoms with Crippen molar-refractivity contribution in [3.63, 3.8) is 0 Å². The first-order valence-electron chi connectivity index (χ1n) is 10.0. The molecule has 0 fully saturated rings. The fourth-order valence-corrected chi connectivity index (χ4v) is 5.32. The number of hydrogen-bond donors (Lipinski definition) is 0. The van der Waals surface area contributed by atoms with Crippen molar-refractivity contribution in [3.8, 4) is 11.1 Å². The van der Waals surface area contributed by atoms with Crippen LogP contribution in [0.4, 0.5) is 0 Å². The maximum absolute atomic E-state index is 2.43. The number of rotatable bonds is 1. The molecule has 0 saturated heterocycles. The van der Waals surface area contributed by atoms with E-state index in [0.717, 1.165) is 0 Å². The summed E-state index contributed by atoms with van der Waals surface area (Å²) in [6, 6.07) is 18.2. The summed E-state index contributed by atoms with van der Waals surface area (Å²) in [7, 11) is 0. The van der Waals surface area contributed by atoms with E-state index in [0.29, 0.717) is 5.92 Å². The molecule has 134 valence electrons. The molecule has 5 rings (SSSR count). The van der Waals surface area contributed by atoms with Gasteiger partial charge in [-0.25, -0.2) is 0 Å². The van der Waals surface area contributed by atoms with Gasteiger partial charge in [-0.2, -0.15) is 0 Å². The Hall–Kier alpha value is -2.60. The topological polar surface area (TPSA) is 0 Å². The van der Waals surface area contributed by atoms with Gasteiger partial charge in [0.15, 0.2) is 0 Å². The minimum absolute atomic E-state index is 0.0459. The summed E-state index contributed by atoms with van der Waals surface area (Å²) in [6.07, 6.45) is 4.53. The van der Waals surface area contributed by atoms with Crippen molar-refractivity contribution < 1.29 is 0 Å². The average Bonchev–Trinajstić information content (AvgIpc) is 2.95. The van der Waals surface area contributed by atoms with Crippen LogP contribution in [0.3, 0.4) is 0 Å². The number of benzene rings is 3. The smallest absolute Gasteiger partial charge is 0.0118 e. The van der Waals surface area contributed by atoms with Crippen LogP contribution in [-0.2, 0) is 5.41 Å².